The van der Waals surface area contributed by atoms with Gasteiger partial charge in [-0.1, -0.05) is 0 Å². The van der Waals surface area contributed by atoms with Crippen molar-refractivity contribution in [2.45, 2.75) is 0 Å². The molecule has 1 saturated heterocycles. The molecule has 1 aliphatic heterocycles. The van der Waals surface area contributed by atoms with Crippen LogP contribution in [0, 0.1) is 6.54 Å². The Balaban J connectivity index is 0. The van der Waals surface area contributed by atoms with Gasteiger partial charge in [0.2, 0.25) is 0 Å². The number of hydrogen-bond acceptors (Lipinski definition) is 8. The molecule has 0 aromatic heterocycles. The zero-order valence-corrected chi connectivity index (χ0v) is 18.0. The van der Waals surface area contributed by atoms with Crippen LogP contribution in [0.1, 0.15) is 0 Å². The Bertz CT molecular complexity index is 372. The smallest absolute Gasteiger partial charge is 0.317 e. The number of hydrogen-bond donors (Lipinski definition) is 4. The second-order valence-electron chi connectivity index (χ2n) is 5.39. The summed E-state index contributed by atoms with van der Waals surface area (Å²) in [4.78, 5) is 38.0. The fourth-order valence-corrected chi connectivity index (χ4v) is 2.36. The molecule has 0 amide bonds. The van der Waals surface area contributed by atoms with Crippen LogP contribution < -0.4 is 5.32 Å². The number of nitrogens with one attached hydrogen (secondary N) is 1. The third-order valence-electron chi connectivity index (χ3n) is 3.56. The molecule has 1 heterocycles. The largest absolute Gasteiger partial charge is 0.480 e. The molecule has 0 spiro atoms. The van der Waals surface area contributed by atoms with Gasteiger partial charge in [0.1, 0.15) is 6.29 Å². The average molecular weight is 450 g/mol. The second-order valence-corrected chi connectivity index (χ2v) is 5.39. The summed E-state index contributed by atoms with van der Waals surface area (Å²) in [5, 5.41) is 28.0. The van der Waals surface area contributed by atoms with Crippen LogP contribution in [-0.2, 0) is 47.1 Å². The molecular weight excluding hydrogens is 421 g/mol. The molecule has 1 rings (SSSR count). The summed E-state index contributed by atoms with van der Waals surface area (Å²) in [7, 11) is 1.00. The van der Waals surface area contributed by atoms with Crippen molar-refractivity contribution in [2.24, 2.45) is 0 Å². The zero-order valence-electron chi connectivity index (χ0n) is 15.2. The maximum Gasteiger partial charge on any atom is 0.317 e. The van der Waals surface area contributed by atoms with Crippen LogP contribution in [0.5, 0.6) is 0 Å². The molecule has 4 N–H and O–H groups in total. The summed E-state index contributed by atoms with van der Waals surface area (Å²) in [6, 6.07) is 0. The van der Waals surface area contributed by atoms with Crippen molar-refractivity contribution in [3.8, 4) is 0 Å². The minimum absolute atomic E-state index is 0. The first-order valence-electron chi connectivity index (χ1n) is 8.06. The number of aldehydes is 1. The minimum atomic E-state index is -0.900. The maximum atomic E-state index is 10.9. The Morgan fingerprint density at radius 2 is 1.58 bits per heavy atom. The third kappa shape index (κ3) is 14.7. The van der Waals surface area contributed by atoms with Crippen LogP contribution >= 0.6 is 0 Å². The summed E-state index contributed by atoms with van der Waals surface area (Å²) in [6.07, 6.45) is 0.806. The number of aliphatic hydroxyl groups is 1. The topological polar surface area (TPSA) is 134 Å². The van der Waals surface area contributed by atoms with Crippen molar-refractivity contribution < 1.29 is 62.4 Å². The second kappa shape index (κ2) is 17.9. The van der Waals surface area contributed by atoms with Gasteiger partial charge < -0.3 is 30.3 Å². The summed E-state index contributed by atoms with van der Waals surface area (Å²) >= 11 is 0. The van der Waals surface area contributed by atoms with Crippen LogP contribution in [0.4, 0.5) is 0 Å². The Kier molecular flexibility index (Phi) is 19.1. The van der Waals surface area contributed by atoms with Gasteiger partial charge in [-0.25, -0.2) is 0 Å². The Morgan fingerprint density at radius 3 is 2.15 bits per heavy atom. The van der Waals surface area contributed by atoms with Crippen LogP contribution in [0.15, 0.2) is 0 Å². The van der Waals surface area contributed by atoms with E-state index in [0.29, 0.717) is 45.8 Å². The molecule has 149 valence electrons. The number of carbonyl (C=O) groups excluding carboxylic acids is 1. The van der Waals surface area contributed by atoms with E-state index in [9.17, 15) is 14.4 Å². The molecule has 0 saturated carbocycles. The summed E-state index contributed by atoms with van der Waals surface area (Å²) in [5.74, 6) is -1.78. The number of aliphatic hydroxyl groups excluding tert-OH is 1. The van der Waals surface area contributed by atoms with Gasteiger partial charge in [0.15, 0.2) is 0 Å². The summed E-state index contributed by atoms with van der Waals surface area (Å²) in [6.45, 7) is 5.78. The quantitative estimate of drug-likeness (QED) is 0.257. The van der Waals surface area contributed by atoms with Gasteiger partial charge >= 0.3 is 11.9 Å². The first kappa shape index (κ1) is 27.7. The molecule has 10 nitrogen and oxygen atoms in total. The van der Waals surface area contributed by atoms with Crippen LogP contribution in [0.3, 0.4) is 0 Å². The molecule has 0 aliphatic carbocycles. The van der Waals surface area contributed by atoms with E-state index in [0.717, 1.165) is 13.4 Å². The normalized spacial score (nSPS) is 18.2. The predicted molar refractivity (Wildman–Crippen MR) is 91.1 cm³/mol. The van der Waals surface area contributed by atoms with Crippen molar-refractivity contribution in [1.29, 1.82) is 0 Å². The van der Waals surface area contributed by atoms with E-state index in [1.165, 1.54) is 0 Å². The molecule has 26 heavy (non-hydrogen) atoms. The number of carbonyl (C=O) groups is 3. The monoisotopic (exact) mass is 450 g/mol. The average Bonchev–Trinajstić information content (AvgIpc) is 2.55. The Labute approximate surface area is 179 Å². The number of carboxylic acid groups (broad SMARTS) is 2. The predicted octanol–water partition coefficient (Wildman–Crippen LogP) is -2.37. The molecule has 1 radical (unpaired) electrons. The van der Waals surface area contributed by atoms with E-state index in [2.05, 4.69) is 5.32 Å². The van der Waals surface area contributed by atoms with E-state index < -0.39 is 11.9 Å². The van der Waals surface area contributed by atoms with E-state index in [-0.39, 0.29) is 52.3 Å². The molecule has 0 unspecified atom stereocenters. The molecule has 0 aromatic carbocycles. The maximum absolute atomic E-state index is 10.9. The van der Waals surface area contributed by atoms with E-state index >= 15 is 0 Å². The molecular formula is C15H29N4O6Y-. The fraction of sp³-hybridized carbons (Fsp3) is 0.733. The molecule has 11 heteroatoms. The van der Waals surface area contributed by atoms with Crippen molar-refractivity contribution in [3.63, 3.8) is 0 Å². The van der Waals surface area contributed by atoms with Crippen molar-refractivity contribution >= 4 is 18.2 Å². The van der Waals surface area contributed by atoms with Gasteiger partial charge in [0.25, 0.3) is 0 Å². The van der Waals surface area contributed by atoms with Gasteiger partial charge in [-0.2, -0.15) is 0 Å². The number of aliphatic carboxylic acids is 2. The van der Waals surface area contributed by atoms with Crippen LogP contribution in [0.2, 0.25) is 0 Å². The van der Waals surface area contributed by atoms with E-state index in [1.54, 1.807) is 11.4 Å². The number of rotatable bonds is 6. The van der Waals surface area contributed by atoms with Gasteiger partial charge in [-0.3, -0.25) is 25.9 Å². The number of nitrogens with zero attached hydrogens (tertiary/aromatic N) is 3. The fourth-order valence-electron chi connectivity index (χ4n) is 2.36. The molecule has 0 bridgehead atoms. The van der Waals surface area contributed by atoms with Gasteiger partial charge in [-0.05, 0) is 6.54 Å². The van der Waals surface area contributed by atoms with Gasteiger partial charge in [0.05, 0.1) is 19.6 Å². The summed E-state index contributed by atoms with van der Waals surface area (Å²) < 4.78 is 0. The van der Waals surface area contributed by atoms with E-state index in [1.807, 2.05) is 9.80 Å². The zero-order chi connectivity index (χ0) is 19.1. The number of carboxylic acids is 2. The first-order chi connectivity index (χ1) is 12.0. The van der Waals surface area contributed by atoms with E-state index in [4.69, 9.17) is 15.3 Å². The third-order valence-corrected chi connectivity index (χ3v) is 3.56. The molecule has 0 aromatic rings. The molecule has 1 fully saturated rings. The SMILES string of the molecule is CO.O=CCN1CCN(CC(=O)O)[CH-]CNCCN(CC(=O)O)CC1.[Y]. The van der Waals surface area contributed by atoms with Crippen molar-refractivity contribution in [2.75, 3.05) is 72.6 Å². The summed E-state index contributed by atoms with van der Waals surface area (Å²) in [5.41, 5.74) is 0. The Morgan fingerprint density at radius 1 is 1.00 bits per heavy atom. The molecule has 0 atom stereocenters. The van der Waals surface area contributed by atoms with Crippen LogP contribution in [-0.4, -0.2) is 121 Å². The van der Waals surface area contributed by atoms with Crippen molar-refractivity contribution in [3.05, 3.63) is 6.54 Å². The van der Waals surface area contributed by atoms with Crippen molar-refractivity contribution in [1.82, 2.24) is 20.0 Å². The van der Waals surface area contributed by atoms with Gasteiger partial charge in [-0.15, -0.1) is 6.54 Å². The first-order valence-corrected chi connectivity index (χ1v) is 8.06. The molecule has 1 aliphatic rings. The minimum Gasteiger partial charge on any atom is -0.480 e. The Hall–Kier alpha value is -0.486. The van der Waals surface area contributed by atoms with Crippen LogP contribution in [0.25, 0.3) is 0 Å². The van der Waals surface area contributed by atoms with Gasteiger partial charge in [0, 0.05) is 72.5 Å². The standard InChI is InChI=1S/C14H25N4O5.CH4O.Y/c19-10-9-16-5-7-17(11-13(20)21)3-1-15-2-4-18(8-6-16)12-14(22)23;1-2;/h3,10,15H,1-2,4-9,11-12H2,(H,20,21)(H,22,23);2H,1H3;/q-1;;.